The van der Waals surface area contributed by atoms with Crippen molar-refractivity contribution in [3.63, 3.8) is 0 Å². The number of pyridine rings is 2. The Kier molecular flexibility index (Phi) is 3.57. The summed E-state index contributed by atoms with van der Waals surface area (Å²) in [5.74, 6) is 0.258. The summed E-state index contributed by atoms with van der Waals surface area (Å²) in [6.07, 6.45) is 7.42. The molecule has 7 nitrogen and oxygen atoms in total. The molecule has 0 aromatic carbocycles. The summed E-state index contributed by atoms with van der Waals surface area (Å²) in [6.45, 7) is 0. The maximum absolute atomic E-state index is 12.1. The van der Waals surface area contributed by atoms with Crippen LogP contribution in [0, 0.1) is 0 Å². The third kappa shape index (κ3) is 2.87. The van der Waals surface area contributed by atoms with E-state index in [2.05, 4.69) is 25.4 Å². The first kappa shape index (κ1) is 13.2. The summed E-state index contributed by atoms with van der Waals surface area (Å²) in [6, 6.07) is 4.99. The number of carbonyl (C=O) groups is 1. The van der Waals surface area contributed by atoms with E-state index in [0.29, 0.717) is 22.1 Å². The minimum Gasteiger partial charge on any atom is -0.320 e. The Morgan fingerprint density at radius 1 is 1.19 bits per heavy atom. The van der Waals surface area contributed by atoms with E-state index in [4.69, 9.17) is 11.6 Å². The molecule has 3 heterocycles. The molecule has 104 valence electrons. The molecule has 1 N–H and O–H groups in total. The van der Waals surface area contributed by atoms with Crippen molar-refractivity contribution in [2.24, 2.45) is 0 Å². The van der Waals surface area contributed by atoms with Gasteiger partial charge in [0.05, 0.1) is 22.5 Å². The van der Waals surface area contributed by atoms with E-state index < -0.39 is 0 Å². The zero-order chi connectivity index (χ0) is 14.7. The normalized spacial score (nSPS) is 10.3. The quantitative estimate of drug-likeness (QED) is 0.799. The zero-order valence-corrected chi connectivity index (χ0v) is 11.4. The maximum atomic E-state index is 12.1. The van der Waals surface area contributed by atoms with Crippen LogP contribution in [0.3, 0.4) is 0 Å². The Morgan fingerprint density at radius 2 is 2.10 bits per heavy atom. The first-order valence-corrected chi connectivity index (χ1v) is 6.34. The van der Waals surface area contributed by atoms with Crippen molar-refractivity contribution in [1.29, 1.82) is 0 Å². The molecule has 8 heteroatoms. The second-order valence-corrected chi connectivity index (χ2v) is 4.46. The predicted octanol–water partition coefficient (Wildman–Crippen LogP) is 1.96. The molecule has 0 bridgehead atoms. The zero-order valence-electron chi connectivity index (χ0n) is 10.6. The number of nitrogens with one attached hydrogen (secondary N) is 1. The molecule has 21 heavy (non-hydrogen) atoms. The second kappa shape index (κ2) is 5.68. The van der Waals surface area contributed by atoms with Crippen LogP contribution in [0.2, 0.25) is 5.02 Å². The van der Waals surface area contributed by atoms with Crippen molar-refractivity contribution < 1.29 is 4.79 Å². The number of aromatic nitrogens is 5. The topological polar surface area (TPSA) is 85.6 Å². The van der Waals surface area contributed by atoms with Crippen LogP contribution in [0.1, 0.15) is 10.4 Å². The number of carbonyl (C=O) groups excluding carboxylic acids is 1. The van der Waals surface area contributed by atoms with Crippen molar-refractivity contribution in [1.82, 2.24) is 24.7 Å². The first-order chi connectivity index (χ1) is 10.2. The second-order valence-electron chi connectivity index (χ2n) is 4.05. The number of nitrogens with zero attached hydrogens (tertiary/aromatic N) is 5. The van der Waals surface area contributed by atoms with Crippen LogP contribution >= 0.6 is 11.6 Å². The molecule has 0 atom stereocenters. The summed E-state index contributed by atoms with van der Waals surface area (Å²) in [4.78, 5) is 24.0. The van der Waals surface area contributed by atoms with Crippen LogP contribution in [-0.4, -0.2) is 30.6 Å². The molecule has 0 aliphatic heterocycles. The molecular weight excluding hydrogens is 292 g/mol. The van der Waals surface area contributed by atoms with Crippen LogP contribution in [-0.2, 0) is 0 Å². The van der Waals surface area contributed by atoms with Crippen molar-refractivity contribution in [2.45, 2.75) is 0 Å². The monoisotopic (exact) mass is 300 g/mol. The van der Waals surface area contributed by atoms with Crippen molar-refractivity contribution in [2.75, 3.05) is 5.32 Å². The molecule has 0 saturated carbocycles. The van der Waals surface area contributed by atoms with Gasteiger partial charge in [-0.3, -0.25) is 9.78 Å². The summed E-state index contributed by atoms with van der Waals surface area (Å²) < 4.78 is 1.52. The highest BCUT2D eigenvalue weighted by Gasteiger charge is 2.10. The third-order valence-corrected chi connectivity index (χ3v) is 3.00. The van der Waals surface area contributed by atoms with Crippen LogP contribution < -0.4 is 5.32 Å². The van der Waals surface area contributed by atoms with Crippen LogP contribution in [0.4, 0.5) is 5.69 Å². The number of rotatable bonds is 3. The van der Waals surface area contributed by atoms with Gasteiger partial charge >= 0.3 is 0 Å². The van der Waals surface area contributed by atoms with E-state index >= 15 is 0 Å². The summed E-state index contributed by atoms with van der Waals surface area (Å²) in [5, 5.41) is 7.01. The molecule has 3 rings (SSSR count). The van der Waals surface area contributed by atoms with Crippen LogP contribution in [0.15, 0.2) is 49.4 Å². The van der Waals surface area contributed by atoms with Gasteiger partial charge in [-0.2, -0.15) is 5.10 Å². The Labute approximate surface area is 124 Å². The van der Waals surface area contributed by atoms with Crippen LogP contribution in [0.25, 0.3) is 5.82 Å². The van der Waals surface area contributed by atoms with Gasteiger partial charge in [-0.15, -0.1) is 0 Å². The number of hydrogen-bond acceptors (Lipinski definition) is 5. The Balaban J connectivity index is 1.77. The van der Waals surface area contributed by atoms with Gasteiger partial charge in [0.1, 0.15) is 12.7 Å². The smallest absolute Gasteiger partial charge is 0.258 e. The SMILES string of the molecule is O=C(Nc1ccc(-n2cncn2)nc1)c1cnccc1Cl. The molecule has 0 radical (unpaired) electrons. The highest BCUT2D eigenvalue weighted by molar-refractivity contribution is 6.34. The van der Waals surface area contributed by atoms with Gasteiger partial charge in [-0.25, -0.2) is 14.6 Å². The summed E-state index contributed by atoms with van der Waals surface area (Å²) in [5.41, 5.74) is 0.850. The average molecular weight is 301 g/mol. The molecule has 0 fully saturated rings. The summed E-state index contributed by atoms with van der Waals surface area (Å²) in [7, 11) is 0. The Morgan fingerprint density at radius 3 is 2.76 bits per heavy atom. The van der Waals surface area contributed by atoms with Gasteiger partial charge in [0.2, 0.25) is 0 Å². The lowest BCUT2D eigenvalue weighted by molar-refractivity contribution is 0.102. The Hall–Kier alpha value is -2.80. The molecule has 0 spiro atoms. The fourth-order valence-corrected chi connectivity index (χ4v) is 1.86. The maximum Gasteiger partial charge on any atom is 0.258 e. The molecule has 0 aliphatic rings. The molecule has 3 aromatic rings. The highest BCUT2D eigenvalue weighted by Crippen LogP contribution is 2.16. The first-order valence-electron chi connectivity index (χ1n) is 5.96. The molecule has 0 unspecified atom stereocenters. The van der Waals surface area contributed by atoms with E-state index in [-0.39, 0.29) is 5.91 Å². The van der Waals surface area contributed by atoms with Gasteiger partial charge in [-0.1, -0.05) is 11.6 Å². The average Bonchev–Trinajstić information content (AvgIpc) is 3.02. The van der Waals surface area contributed by atoms with E-state index in [9.17, 15) is 4.79 Å². The van der Waals surface area contributed by atoms with Crippen molar-refractivity contribution in [3.8, 4) is 5.82 Å². The van der Waals surface area contributed by atoms with E-state index in [1.54, 1.807) is 18.2 Å². The molecule has 0 aliphatic carbocycles. The fourth-order valence-electron chi connectivity index (χ4n) is 1.67. The van der Waals surface area contributed by atoms with Gasteiger partial charge in [-0.05, 0) is 18.2 Å². The predicted molar refractivity (Wildman–Crippen MR) is 76.4 cm³/mol. The van der Waals surface area contributed by atoms with Gasteiger partial charge in [0.15, 0.2) is 5.82 Å². The lowest BCUT2D eigenvalue weighted by Crippen LogP contribution is -2.13. The number of amides is 1. The van der Waals surface area contributed by atoms with Gasteiger partial charge in [0.25, 0.3) is 5.91 Å². The van der Waals surface area contributed by atoms with Gasteiger partial charge in [0, 0.05) is 12.4 Å². The number of halogens is 1. The molecule has 1 amide bonds. The number of hydrogen-bond donors (Lipinski definition) is 1. The fraction of sp³-hybridized carbons (Fsp3) is 0. The standard InChI is InChI=1S/C13H9ClN6O/c14-11-3-4-15-6-10(11)13(21)19-9-1-2-12(17-5-9)20-8-16-7-18-20/h1-8H,(H,19,21). The largest absolute Gasteiger partial charge is 0.320 e. The van der Waals surface area contributed by atoms with E-state index in [0.717, 1.165) is 0 Å². The van der Waals surface area contributed by atoms with E-state index in [1.165, 1.54) is 35.9 Å². The Bertz CT molecular complexity index is 757. The minimum absolute atomic E-state index is 0.305. The van der Waals surface area contributed by atoms with E-state index in [1.807, 2.05) is 0 Å². The lowest BCUT2D eigenvalue weighted by atomic mass is 10.2. The lowest BCUT2D eigenvalue weighted by Gasteiger charge is -2.06. The highest BCUT2D eigenvalue weighted by atomic mass is 35.5. The molecular formula is C13H9ClN6O. The van der Waals surface area contributed by atoms with Crippen LogP contribution in [0.5, 0.6) is 0 Å². The number of anilines is 1. The van der Waals surface area contributed by atoms with Crippen molar-refractivity contribution >= 4 is 23.2 Å². The van der Waals surface area contributed by atoms with Gasteiger partial charge < -0.3 is 5.32 Å². The summed E-state index contributed by atoms with van der Waals surface area (Å²) >= 11 is 5.94. The molecule has 3 aromatic heterocycles. The molecule has 0 saturated heterocycles. The minimum atomic E-state index is -0.344. The van der Waals surface area contributed by atoms with Crippen molar-refractivity contribution in [3.05, 3.63) is 60.0 Å². The third-order valence-electron chi connectivity index (χ3n) is 2.67.